The molecule has 0 aliphatic carbocycles. The number of halogens is 1. The van der Waals surface area contributed by atoms with Gasteiger partial charge in [0.1, 0.15) is 11.4 Å². The van der Waals surface area contributed by atoms with E-state index in [0.717, 1.165) is 5.56 Å². The highest BCUT2D eigenvalue weighted by Gasteiger charge is 2.13. The van der Waals surface area contributed by atoms with Gasteiger partial charge in [-0.05, 0) is 41.5 Å². The highest BCUT2D eigenvalue weighted by molar-refractivity contribution is 5.97. The summed E-state index contributed by atoms with van der Waals surface area (Å²) in [7, 11) is 0. The van der Waals surface area contributed by atoms with E-state index in [-0.39, 0.29) is 17.0 Å². The van der Waals surface area contributed by atoms with E-state index in [9.17, 15) is 9.18 Å². The zero-order valence-corrected chi connectivity index (χ0v) is 11.4. The first kappa shape index (κ1) is 12.7. The normalized spacial score (nSPS) is 11.1. The van der Waals surface area contributed by atoms with Crippen LogP contribution in [0.2, 0.25) is 0 Å². The van der Waals surface area contributed by atoms with Gasteiger partial charge in [0.05, 0.1) is 10.8 Å². The molecule has 0 atom stereocenters. The van der Waals surface area contributed by atoms with Crippen LogP contribution in [0.5, 0.6) is 0 Å². The summed E-state index contributed by atoms with van der Waals surface area (Å²) in [6.45, 7) is 0. The SMILES string of the molecule is O=c1c2ccccc2oc2nccc(-c3ccc(F)cc3)c12. The highest BCUT2D eigenvalue weighted by Crippen LogP contribution is 2.27. The number of pyridine rings is 1. The fourth-order valence-electron chi connectivity index (χ4n) is 2.59. The molecule has 0 amide bonds. The predicted octanol–water partition coefficient (Wildman–Crippen LogP) is 4.15. The van der Waals surface area contributed by atoms with E-state index in [1.165, 1.54) is 12.1 Å². The molecule has 0 radical (unpaired) electrons. The molecule has 0 saturated heterocycles. The predicted molar refractivity (Wildman–Crippen MR) is 83.2 cm³/mol. The van der Waals surface area contributed by atoms with Crippen LogP contribution in [0.1, 0.15) is 0 Å². The number of hydrogen-bond donors (Lipinski definition) is 0. The number of hydrogen-bond acceptors (Lipinski definition) is 3. The first-order valence-electron chi connectivity index (χ1n) is 6.80. The van der Waals surface area contributed by atoms with Crippen molar-refractivity contribution in [3.8, 4) is 11.1 Å². The maximum Gasteiger partial charge on any atom is 0.231 e. The monoisotopic (exact) mass is 291 g/mol. The van der Waals surface area contributed by atoms with Crippen molar-refractivity contribution < 1.29 is 8.81 Å². The van der Waals surface area contributed by atoms with Crippen LogP contribution in [0.4, 0.5) is 4.39 Å². The summed E-state index contributed by atoms with van der Waals surface area (Å²) < 4.78 is 18.8. The van der Waals surface area contributed by atoms with Gasteiger partial charge in [-0.2, -0.15) is 0 Å². The molecule has 2 aromatic carbocycles. The lowest BCUT2D eigenvalue weighted by Gasteiger charge is -2.06. The molecule has 0 spiro atoms. The molecule has 0 aliphatic heterocycles. The van der Waals surface area contributed by atoms with Crippen LogP contribution in [-0.4, -0.2) is 4.98 Å². The Hall–Kier alpha value is -3.01. The quantitative estimate of drug-likeness (QED) is 0.495. The third kappa shape index (κ3) is 1.89. The summed E-state index contributed by atoms with van der Waals surface area (Å²) in [6, 6.07) is 14.8. The number of aromatic nitrogens is 1. The van der Waals surface area contributed by atoms with Gasteiger partial charge in [0.25, 0.3) is 0 Å². The smallest absolute Gasteiger partial charge is 0.231 e. The van der Waals surface area contributed by atoms with Crippen molar-refractivity contribution in [1.82, 2.24) is 4.98 Å². The van der Waals surface area contributed by atoms with Crippen LogP contribution in [0.15, 0.2) is 70.0 Å². The van der Waals surface area contributed by atoms with E-state index < -0.39 is 0 Å². The molecule has 4 heteroatoms. The van der Waals surface area contributed by atoms with Crippen LogP contribution in [-0.2, 0) is 0 Å². The molecule has 2 aromatic heterocycles. The average Bonchev–Trinajstić information content (AvgIpc) is 2.55. The number of benzene rings is 2. The van der Waals surface area contributed by atoms with Crippen molar-refractivity contribution in [2.75, 3.05) is 0 Å². The van der Waals surface area contributed by atoms with Crippen molar-refractivity contribution in [3.05, 3.63) is 76.8 Å². The zero-order valence-electron chi connectivity index (χ0n) is 11.4. The Morgan fingerprint density at radius 1 is 0.955 bits per heavy atom. The molecular weight excluding hydrogens is 281 g/mol. The van der Waals surface area contributed by atoms with Gasteiger partial charge >= 0.3 is 0 Å². The lowest BCUT2D eigenvalue weighted by molar-refractivity contribution is 0.628. The largest absolute Gasteiger partial charge is 0.437 e. The second-order valence-electron chi connectivity index (χ2n) is 4.97. The molecule has 2 heterocycles. The second-order valence-corrected chi connectivity index (χ2v) is 4.97. The fourth-order valence-corrected chi connectivity index (χ4v) is 2.59. The lowest BCUT2D eigenvalue weighted by atomic mass is 10.0. The highest BCUT2D eigenvalue weighted by atomic mass is 19.1. The minimum atomic E-state index is -0.320. The van der Waals surface area contributed by atoms with E-state index in [0.29, 0.717) is 21.9 Å². The minimum Gasteiger partial charge on any atom is -0.437 e. The maximum absolute atomic E-state index is 13.1. The van der Waals surface area contributed by atoms with Crippen molar-refractivity contribution in [2.24, 2.45) is 0 Å². The zero-order chi connectivity index (χ0) is 15.1. The van der Waals surface area contributed by atoms with E-state index in [4.69, 9.17) is 4.42 Å². The Morgan fingerprint density at radius 3 is 2.55 bits per heavy atom. The first-order chi connectivity index (χ1) is 10.7. The van der Waals surface area contributed by atoms with E-state index in [2.05, 4.69) is 4.98 Å². The molecule has 3 nitrogen and oxygen atoms in total. The van der Waals surface area contributed by atoms with Gasteiger partial charge in [-0.15, -0.1) is 0 Å². The van der Waals surface area contributed by atoms with Gasteiger partial charge in [0, 0.05) is 6.20 Å². The average molecular weight is 291 g/mol. The van der Waals surface area contributed by atoms with Gasteiger partial charge in [-0.3, -0.25) is 4.79 Å². The Morgan fingerprint density at radius 2 is 1.73 bits per heavy atom. The molecule has 22 heavy (non-hydrogen) atoms. The van der Waals surface area contributed by atoms with Crippen molar-refractivity contribution in [1.29, 1.82) is 0 Å². The Labute approximate surface area is 124 Å². The minimum absolute atomic E-state index is 0.135. The summed E-state index contributed by atoms with van der Waals surface area (Å²) >= 11 is 0. The molecule has 0 bridgehead atoms. The Bertz CT molecular complexity index is 1050. The molecule has 0 N–H and O–H groups in total. The summed E-state index contributed by atoms with van der Waals surface area (Å²) in [5.74, 6) is -0.320. The molecule has 4 rings (SSSR count). The van der Waals surface area contributed by atoms with Crippen LogP contribution in [0.25, 0.3) is 33.2 Å². The van der Waals surface area contributed by atoms with Crippen LogP contribution in [0.3, 0.4) is 0 Å². The van der Waals surface area contributed by atoms with Gasteiger partial charge in [-0.1, -0.05) is 24.3 Å². The summed E-state index contributed by atoms with van der Waals surface area (Å²) in [5.41, 5.74) is 2.08. The van der Waals surface area contributed by atoms with Gasteiger partial charge < -0.3 is 4.42 Å². The molecule has 4 aromatic rings. The van der Waals surface area contributed by atoms with Crippen LogP contribution >= 0.6 is 0 Å². The summed E-state index contributed by atoms with van der Waals surface area (Å²) in [4.78, 5) is 16.9. The third-order valence-electron chi connectivity index (χ3n) is 3.64. The molecule has 0 unspecified atom stereocenters. The Kier molecular flexibility index (Phi) is 2.76. The van der Waals surface area contributed by atoms with E-state index in [1.807, 2.05) is 0 Å². The molecular formula is C18H10FNO2. The first-order valence-corrected chi connectivity index (χ1v) is 6.80. The molecule has 0 saturated carbocycles. The topological polar surface area (TPSA) is 43.1 Å². The second kappa shape index (κ2) is 4.77. The van der Waals surface area contributed by atoms with Crippen LogP contribution in [0, 0.1) is 5.82 Å². The summed E-state index contributed by atoms with van der Waals surface area (Å²) in [6.07, 6.45) is 1.58. The van der Waals surface area contributed by atoms with E-state index >= 15 is 0 Å². The van der Waals surface area contributed by atoms with Gasteiger partial charge in [0.15, 0.2) is 0 Å². The van der Waals surface area contributed by atoms with Crippen LogP contribution < -0.4 is 5.43 Å². The lowest BCUT2D eigenvalue weighted by Crippen LogP contribution is -2.04. The molecule has 0 fully saturated rings. The van der Waals surface area contributed by atoms with Gasteiger partial charge in [-0.25, -0.2) is 9.37 Å². The Balaban J connectivity index is 2.14. The number of nitrogens with zero attached hydrogens (tertiary/aromatic N) is 1. The fraction of sp³-hybridized carbons (Fsp3) is 0. The summed E-state index contributed by atoms with van der Waals surface area (Å²) in [5, 5.41) is 0.916. The van der Waals surface area contributed by atoms with Crippen molar-refractivity contribution >= 4 is 22.1 Å². The molecule has 0 aliphatic rings. The van der Waals surface area contributed by atoms with E-state index in [1.54, 1.807) is 48.7 Å². The number of para-hydroxylation sites is 1. The number of rotatable bonds is 1. The standard InChI is InChI=1S/C18H10FNO2/c19-12-7-5-11(6-8-12)13-9-10-20-18-16(13)17(21)14-3-1-2-4-15(14)22-18/h1-10H. The maximum atomic E-state index is 13.1. The number of fused-ring (bicyclic) bond motifs is 2. The van der Waals surface area contributed by atoms with Crippen molar-refractivity contribution in [3.63, 3.8) is 0 Å². The van der Waals surface area contributed by atoms with Gasteiger partial charge in [0.2, 0.25) is 11.1 Å². The molecule has 106 valence electrons. The third-order valence-corrected chi connectivity index (χ3v) is 3.64. The van der Waals surface area contributed by atoms with Crippen molar-refractivity contribution in [2.45, 2.75) is 0 Å².